The molecule has 4 nitrogen and oxygen atoms in total. The van der Waals surface area contributed by atoms with Crippen molar-refractivity contribution >= 4 is 21.7 Å². The zero-order valence-corrected chi connectivity index (χ0v) is 13.8. The third-order valence-corrected chi connectivity index (χ3v) is 3.77. The van der Waals surface area contributed by atoms with Gasteiger partial charge in [-0.2, -0.15) is 0 Å². The summed E-state index contributed by atoms with van der Waals surface area (Å²) in [6.07, 6.45) is 1.77. The van der Waals surface area contributed by atoms with Crippen molar-refractivity contribution in [3.63, 3.8) is 0 Å². The number of aryl methyl sites for hydroxylation is 1. The molecule has 2 rings (SSSR count). The van der Waals surface area contributed by atoms with Gasteiger partial charge in [-0.15, -0.1) is 0 Å². The Morgan fingerprint density at radius 3 is 2.65 bits per heavy atom. The quantitative estimate of drug-likeness (QED) is 0.911. The van der Waals surface area contributed by atoms with Crippen molar-refractivity contribution in [2.24, 2.45) is 0 Å². The van der Waals surface area contributed by atoms with Crippen LogP contribution in [0.2, 0.25) is 0 Å². The van der Waals surface area contributed by atoms with Crippen molar-refractivity contribution < 1.29 is 0 Å². The van der Waals surface area contributed by atoms with E-state index in [1.54, 1.807) is 6.20 Å². The number of rotatable bonds is 4. The van der Waals surface area contributed by atoms with Gasteiger partial charge >= 0.3 is 0 Å². The highest BCUT2D eigenvalue weighted by Gasteiger charge is 2.16. The summed E-state index contributed by atoms with van der Waals surface area (Å²) in [5.74, 6) is 1.81. The molecule has 0 aliphatic rings. The Morgan fingerprint density at radius 2 is 2.05 bits per heavy atom. The summed E-state index contributed by atoms with van der Waals surface area (Å²) in [6, 6.07) is 3.95. The van der Waals surface area contributed by atoms with Gasteiger partial charge in [0.2, 0.25) is 0 Å². The third-order valence-electron chi connectivity index (χ3n) is 2.99. The summed E-state index contributed by atoms with van der Waals surface area (Å²) in [5, 5.41) is 3.27. The molecule has 0 unspecified atom stereocenters. The molecule has 1 N–H and O–H groups in total. The molecule has 2 heterocycles. The minimum atomic E-state index is 0.313. The maximum absolute atomic E-state index is 4.69. The Hall–Kier alpha value is -1.49. The minimum absolute atomic E-state index is 0.313. The number of nitrogens with one attached hydrogen (secondary N) is 1. The smallest absolute Gasteiger partial charge is 0.180 e. The zero-order valence-electron chi connectivity index (χ0n) is 12.2. The van der Waals surface area contributed by atoms with Crippen molar-refractivity contribution in [2.75, 3.05) is 11.9 Å². The van der Waals surface area contributed by atoms with Gasteiger partial charge in [-0.05, 0) is 47.3 Å². The highest BCUT2D eigenvalue weighted by molar-refractivity contribution is 9.10. The monoisotopic (exact) mass is 334 g/mol. The molecule has 0 spiro atoms. The fraction of sp³-hybridized carbons (Fsp3) is 0.400. The molecule has 0 saturated heterocycles. The number of anilines is 1. The predicted octanol–water partition coefficient (Wildman–Crippen LogP) is 4.16. The molecule has 5 heteroatoms. The molecular formula is C15H19BrN4. The molecule has 0 atom stereocenters. The topological polar surface area (TPSA) is 50.7 Å². The lowest BCUT2D eigenvalue weighted by molar-refractivity contribution is 0.808. The van der Waals surface area contributed by atoms with Crippen LogP contribution >= 0.6 is 15.9 Å². The first-order chi connectivity index (χ1) is 9.54. The van der Waals surface area contributed by atoms with Gasteiger partial charge in [0, 0.05) is 12.7 Å². The average Bonchev–Trinajstić information content (AvgIpc) is 2.41. The molecule has 2 aromatic rings. The Labute approximate surface area is 128 Å². The van der Waals surface area contributed by atoms with Gasteiger partial charge in [-0.25, -0.2) is 9.97 Å². The predicted molar refractivity (Wildman–Crippen MR) is 86.0 cm³/mol. The van der Waals surface area contributed by atoms with Crippen LogP contribution in [0.15, 0.2) is 22.8 Å². The summed E-state index contributed by atoms with van der Waals surface area (Å²) in [7, 11) is 0. The molecule has 0 aliphatic heterocycles. The molecule has 106 valence electrons. The fourth-order valence-electron chi connectivity index (χ4n) is 1.96. The molecule has 20 heavy (non-hydrogen) atoms. The van der Waals surface area contributed by atoms with Crippen molar-refractivity contribution in [1.82, 2.24) is 15.0 Å². The Bertz CT molecular complexity index is 611. The number of hydrogen-bond donors (Lipinski definition) is 1. The lowest BCUT2D eigenvalue weighted by atomic mass is 10.1. The van der Waals surface area contributed by atoms with E-state index in [-0.39, 0.29) is 0 Å². The normalized spacial score (nSPS) is 10.9. The van der Waals surface area contributed by atoms with Crippen LogP contribution < -0.4 is 5.32 Å². The highest BCUT2D eigenvalue weighted by atomic mass is 79.9. The first-order valence-corrected chi connectivity index (χ1v) is 7.57. The Balaban J connectivity index is 2.62. The number of hydrogen-bond acceptors (Lipinski definition) is 4. The van der Waals surface area contributed by atoms with Gasteiger partial charge in [-0.3, -0.25) is 4.98 Å². The van der Waals surface area contributed by atoms with Crippen LogP contribution in [0.4, 0.5) is 5.82 Å². The summed E-state index contributed by atoms with van der Waals surface area (Å²) in [5.41, 5.74) is 2.91. The first kappa shape index (κ1) is 14.9. The molecule has 0 fully saturated rings. The average molecular weight is 335 g/mol. The summed E-state index contributed by atoms with van der Waals surface area (Å²) >= 11 is 3.60. The molecule has 0 aromatic carbocycles. The molecule has 0 saturated carbocycles. The fourth-order valence-corrected chi connectivity index (χ4v) is 2.73. The molecule has 2 aromatic heterocycles. The zero-order chi connectivity index (χ0) is 14.7. The Morgan fingerprint density at radius 1 is 1.30 bits per heavy atom. The lowest BCUT2D eigenvalue weighted by Gasteiger charge is -2.14. The summed E-state index contributed by atoms with van der Waals surface area (Å²) in [6.45, 7) is 9.13. The molecule has 0 aliphatic carbocycles. The van der Waals surface area contributed by atoms with Crippen LogP contribution in [-0.4, -0.2) is 21.5 Å². The minimum Gasteiger partial charge on any atom is -0.369 e. The van der Waals surface area contributed by atoms with Crippen LogP contribution in [0.25, 0.3) is 11.5 Å². The van der Waals surface area contributed by atoms with Gasteiger partial charge in [0.05, 0.1) is 10.2 Å². The van der Waals surface area contributed by atoms with Crippen LogP contribution in [0.5, 0.6) is 0 Å². The van der Waals surface area contributed by atoms with Gasteiger partial charge in [0.25, 0.3) is 0 Å². The number of halogens is 1. The van der Waals surface area contributed by atoms with Crippen molar-refractivity contribution in [3.05, 3.63) is 34.1 Å². The molecule has 0 bridgehead atoms. The number of nitrogens with zero attached hydrogens (tertiary/aromatic N) is 3. The standard InChI is InChI=1S/C15H19BrN4/c1-5-17-14-11(16)12(9(2)3)19-15(20-14)13-10(4)7-6-8-18-13/h6-9H,5H2,1-4H3,(H,17,19,20). The van der Waals surface area contributed by atoms with Crippen molar-refractivity contribution in [1.29, 1.82) is 0 Å². The Kier molecular flexibility index (Phi) is 4.70. The van der Waals surface area contributed by atoms with E-state index < -0.39 is 0 Å². The first-order valence-electron chi connectivity index (χ1n) is 6.77. The van der Waals surface area contributed by atoms with E-state index in [4.69, 9.17) is 0 Å². The van der Waals surface area contributed by atoms with Gasteiger partial charge in [0.15, 0.2) is 5.82 Å². The van der Waals surface area contributed by atoms with Crippen LogP contribution in [-0.2, 0) is 0 Å². The van der Waals surface area contributed by atoms with E-state index in [2.05, 4.69) is 57.0 Å². The van der Waals surface area contributed by atoms with Crippen LogP contribution in [0.3, 0.4) is 0 Å². The second-order valence-electron chi connectivity index (χ2n) is 4.95. The van der Waals surface area contributed by atoms with E-state index >= 15 is 0 Å². The third kappa shape index (κ3) is 2.98. The molecule has 0 amide bonds. The van der Waals surface area contributed by atoms with Crippen molar-refractivity contribution in [2.45, 2.75) is 33.6 Å². The molecule has 0 radical (unpaired) electrons. The summed E-state index contributed by atoms with van der Waals surface area (Å²) in [4.78, 5) is 13.7. The second kappa shape index (κ2) is 6.31. The number of aromatic nitrogens is 3. The van der Waals surface area contributed by atoms with Gasteiger partial charge in [-0.1, -0.05) is 19.9 Å². The summed E-state index contributed by atoms with van der Waals surface area (Å²) < 4.78 is 0.937. The van der Waals surface area contributed by atoms with E-state index in [1.165, 1.54) is 0 Å². The number of pyridine rings is 1. The lowest BCUT2D eigenvalue weighted by Crippen LogP contribution is -2.08. The maximum atomic E-state index is 4.69. The van der Waals surface area contributed by atoms with E-state index in [1.807, 2.05) is 19.1 Å². The van der Waals surface area contributed by atoms with Crippen LogP contribution in [0, 0.1) is 6.92 Å². The molecular weight excluding hydrogens is 316 g/mol. The maximum Gasteiger partial charge on any atom is 0.180 e. The van der Waals surface area contributed by atoms with E-state index in [0.717, 1.165) is 33.8 Å². The van der Waals surface area contributed by atoms with Gasteiger partial charge in [0.1, 0.15) is 11.5 Å². The van der Waals surface area contributed by atoms with Crippen LogP contribution in [0.1, 0.15) is 37.9 Å². The van der Waals surface area contributed by atoms with Crippen molar-refractivity contribution in [3.8, 4) is 11.5 Å². The van der Waals surface area contributed by atoms with Gasteiger partial charge < -0.3 is 5.32 Å². The largest absolute Gasteiger partial charge is 0.369 e. The van der Waals surface area contributed by atoms with E-state index in [0.29, 0.717) is 11.7 Å². The van der Waals surface area contributed by atoms with E-state index in [9.17, 15) is 0 Å². The highest BCUT2D eigenvalue weighted by Crippen LogP contribution is 2.31. The second-order valence-corrected chi connectivity index (χ2v) is 5.74. The SMILES string of the molecule is CCNc1nc(-c2ncccc2C)nc(C(C)C)c1Br.